The molecule has 4 aliphatic rings. The predicted molar refractivity (Wildman–Crippen MR) is 121 cm³/mol. The van der Waals surface area contributed by atoms with E-state index in [0.717, 1.165) is 16.9 Å². The van der Waals surface area contributed by atoms with Crippen molar-refractivity contribution < 1.29 is 28.5 Å². The van der Waals surface area contributed by atoms with Crippen molar-refractivity contribution in [3.8, 4) is 17.2 Å². The van der Waals surface area contributed by atoms with Crippen LogP contribution in [0.3, 0.4) is 0 Å². The first kappa shape index (κ1) is 21.0. The van der Waals surface area contributed by atoms with Crippen molar-refractivity contribution in [3.63, 3.8) is 0 Å². The molecule has 0 aliphatic carbocycles. The number of hydrogen-bond acceptors (Lipinski definition) is 6. The van der Waals surface area contributed by atoms with E-state index in [9.17, 15) is 9.59 Å². The number of benzene rings is 2. The van der Waals surface area contributed by atoms with Crippen LogP contribution in [-0.4, -0.2) is 55.4 Å². The molecule has 8 nitrogen and oxygen atoms in total. The van der Waals surface area contributed by atoms with E-state index in [2.05, 4.69) is 5.32 Å². The van der Waals surface area contributed by atoms with E-state index >= 15 is 0 Å². The molecule has 2 bridgehead atoms. The summed E-state index contributed by atoms with van der Waals surface area (Å²) in [5, 5.41) is 3.02. The van der Waals surface area contributed by atoms with Crippen molar-refractivity contribution in [2.75, 3.05) is 27.0 Å². The van der Waals surface area contributed by atoms with Crippen LogP contribution in [0.4, 0.5) is 0 Å². The average Bonchev–Trinajstić information content (AvgIpc) is 3.61. The van der Waals surface area contributed by atoms with Gasteiger partial charge in [-0.15, -0.1) is 0 Å². The van der Waals surface area contributed by atoms with E-state index in [-0.39, 0.29) is 24.7 Å². The van der Waals surface area contributed by atoms with E-state index < -0.39 is 17.4 Å². The largest absolute Gasteiger partial charge is 0.497 e. The average molecular weight is 463 g/mol. The van der Waals surface area contributed by atoms with Crippen LogP contribution in [0.25, 0.3) is 0 Å². The molecule has 34 heavy (non-hydrogen) atoms. The summed E-state index contributed by atoms with van der Waals surface area (Å²) in [5.41, 5.74) is 1.33. The van der Waals surface area contributed by atoms with Crippen molar-refractivity contribution in [2.45, 2.75) is 24.7 Å². The highest BCUT2D eigenvalue weighted by molar-refractivity contribution is 5.93. The highest BCUT2D eigenvalue weighted by atomic mass is 16.7. The van der Waals surface area contributed by atoms with Crippen LogP contribution in [0.1, 0.15) is 11.1 Å². The molecule has 0 radical (unpaired) electrons. The lowest BCUT2D eigenvalue weighted by Crippen LogP contribution is -2.44. The molecule has 4 heterocycles. The summed E-state index contributed by atoms with van der Waals surface area (Å²) >= 11 is 0. The Morgan fingerprint density at radius 3 is 2.76 bits per heavy atom. The summed E-state index contributed by atoms with van der Waals surface area (Å²) in [7, 11) is 1.63. The van der Waals surface area contributed by atoms with E-state index in [4.69, 9.17) is 18.9 Å². The van der Waals surface area contributed by atoms with E-state index in [0.29, 0.717) is 37.6 Å². The van der Waals surface area contributed by atoms with Crippen LogP contribution in [0, 0.1) is 11.8 Å². The number of fused-ring (bicyclic) bond motifs is 2. The molecule has 8 heteroatoms. The van der Waals surface area contributed by atoms with Crippen LogP contribution < -0.4 is 19.5 Å². The molecule has 2 fully saturated rings. The van der Waals surface area contributed by atoms with Crippen molar-refractivity contribution in [2.24, 2.45) is 11.8 Å². The third-order valence-corrected chi connectivity index (χ3v) is 7.16. The molecular weight excluding hydrogens is 436 g/mol. The van der Waals surface area contributed by atoms with Crippen LogP contribution in [-0.2, 0) is 27.3 Å². The fourth-order valence-corrected chi connectivity index (χ4v) is 5.51. The smallest absolute Gasteiger partial charge is 0.231 e. The van der Waals surface area contributed by atoms with Gasteiger partial charge in [-0.25, -0.2) is 0 Å². The van der Waals surface area contributed by atoms with Gasteiger partial charge in [0.15, 0.2) is 11.5 Å². The number of carbonyl (C=O) groups excluding carboxylic acids is 2. The second-order valence-corrected chi connectivity index (χ2v) is 9.17. The number of hydrogen-bond donors (Lipinski definition) is 1. The van der Waals surface area contributed by atoms with E-state index in [1.54, 1.807) is 12.0 Å². The fourth-order valence-electron chi connectivity index (χ4n) is 5.51. The summed E-state index contributed by atoms with van der Waals surface area (Å²) in [6, 6.07) is 13.5. The van der Waals surface area contributed by atoms with Crippen LogP contribution in [0.2, 0.25) is 0 Å². The monoisotopic (exact) mass is 462 g/mol. The van der Waals surface area contributed by atoms with Gasteiger partial charge in [0.25, 0.3) is 0 Å². The number of nitrogens with one attached hydrogen (secondary N) is 1. The van der Waals surface area contributed by atoms with Gasteiger partial charge >= 0.3 is 0 Å². The predicted octanol–water partition coefficient (Wildman–Crippen LogP) is 2.06. The standard InChI is InChI=1S/C26H26N2O6/c1-31-18-5-2-16(3-6-18)9-11-27-24(29)22-20-8-10-26(34-20)14-28(25(30)23(22)26)13-17-4-7-19-21(12-17)33-15-32-19/h2-8,10,12,20,22-23H,9,11,13-15H2,1H3,(H,27,29)/t20-,22?,23?,26?/m0/s1. The number of nitrogens with zero attached hydrogens (tertiary/aromatic N) is 1. The SMILES string of the molecule is COc1ccc(CCNC(=O)C2C3C(=O)N(Cc4ccc5c(c4)OCO5)CC34C=C[C@@H]2O4)cc1. The van der Waals surface area contributed by atoms with Gasteiger partial charge in [0.05, 0.1) is 31.6 Å². The molecule has 0 aromatic heterocycles. The lowest BCUT2D eigenvalue weighted by atomic mass is 9.77. The van der Waals surface area contributed by atoms with E-state index in [1.165, 1.54) is 0 Å². The first-order valence-corrected chi connectivity index (χ1v) is 11.5. The third kappa shape index (κ3) is 3.40. The van der Waals surface area contributed by atoms with Crippen molar-refractivity contribution in [1.82, 2.24) is 10.2 Å². The zero-order valence-corrected chi connectivity index (χ0v) is 18.9. The minimum absolute atomic E-state index is 0.0418. The molecule has 2 amide bonds. The van der Waals surface area contributed by atoms with Gasteiger partial charge in [-0.05, 0) is 41.8 Å². The second kappa shape index (κ2) is 8.06. The number of carbonyl (C=O) groups is 2. The molecule has 4 atom stereocenters. The maximum Gasteiger partial charge on any atom is 0.231 e. The first-order chi connectivity index (χ1) is 16.6. The number of likely N-dealkylation sites (tertiary alicyclic amines) is 1. The Labute approximate surface area is 197 Å². The summed E-state index contributed by atoms with van der Waals surface area (Å²) in [6.45, 7) is 1.57. The van der Waals surface area contributed by atoms with Crippen LogP contribution in [0.15, 0.2) is 54.6 Å². The second-order valence-electron chi connectivity index (χ2n) is 9.17. The summed E-state index contributed by atoms with van der Waals surface area (Å²) < 4.78 is 22.2. The maximum absolute atomic E-state index is 13.4. The Hall–Kier alpha value is -3.52. The molecule has 2 saturated heterocycles. The molecule has 1 N–H and O–H groups in total. The molecule has 1 spiro atoms. The molecule has 0 saturated carbocycles. The van der Waals surface area contributed by atoms with E-state index in [1.807, 2.05) is 54.6 Å². The molecule has 4 aliphatic heterocycles. The van der Waals surface area contributed by atoms with Crippen molar-refractivity contribution in [3.05, 3.63) is 65.7 Å². The Bertz CT molecular complexity index is 1160. The lowest BCUT2D eigenvalue weighted by Gasteiger charge is -2.23. The van der Waals surface area contributed by atoms with Gasteiger partial charge in [0.1, 0.15) is 11.4 Å². The van der Waals surface area contributed by atoms with Crippen LogP contribution >= 0.6 is 0 Å². The Morgan fingerprint density at radius 2 is 1.94 bits per heavy atom. The molecule has 2 aromatic carbocycles. The molecule has 6 rings (SSSR count). The van der Waals surface area contributed by atoms with Gasteiger partial charge in [-0.2, -0.15) is 0 Å². The Morgan fingerprint density at radius 1 is 1.15 bits per heavy atom. The van der Waals surface area contributed by atoms with Gasteiger partial charge in [0, 0.05) is 13.1 Å². The number of ether oxygens (including phenoxy) is 4. The number of rotatable bonds is 7. The molecule has 2 aromatic rings. The Balaban J connectivity index is 1.12. The zero-order chi connectivity index (χ0) is 23.3. The lowest BCUT2D eigenvalue weighted by molar-refractivity contribution is -0.137. The molecular formula is C26H26N2O6. The van der Waals surface area contributed by atoms with Gasteiger partial charge in [-0.3, -0.25) is 9.59 Å². The van der Waals surface area contributed by atoms with Crippen molar-refractivity contribution >= 4 is 11.8 Å². The summed E-state index contributed by atoms with van der Waals surface area (Å²) in [6.07, 6.45) is 4.24. The summed E-state index contributed by atoms with van der Waals surface area (Å²) in [4.78, 5) is 28.4. The van der Waals surface area contributed by atoms with Crippen molar-refractivity contribution in [1.29, 1.82) is 0 Å². The number of amides is 2. The fraction of sp³-hybridized carbons (Fsp3) is 0.385. The van der Waals surface area contributed by atoms with Gasteiger partial charge < -0.3 is 29.2 Å². The topological polar surface area (TPSA) is 86.3 Å². The minimum atomic E-state index is -0.726. The zero-order valence-electron chi connectivity index (χ0n) is 18.9. The quantitative estimate of drug-likeness (QED) is 0.634. The van der Waals surface area contributed by atoms with Gasteiger partial charge in [0.2, 0.25) is 18.6 Å². The minimum Gasteiger partial charge on any atom is -0.497 e. The third-order valence-electron chi connectivity index (χ3n) is 7.16. The Kier molecular flexibility index (Phi) is 4.99. The first-order valence-electron chi connectivity index (χ1n) is 11.5. The van der Waals surface area contributed by atoms with Crippen LogP contribution in [0.5, 0.6) is 17.2 Å². The highest BCUT2D eigenvalue weighted by Gasteiger charge is 2.66. The maximum atomic E-state index is 13.4. The normalized spacial score (nSPS) is 27.9. The number of methoxy groups -OCH3 is 1. The van der Waals surface area contributed by atoms with Gasteiger partial charge in [-0.1, -0.05) is 30.4 Å². The highest BCUT2D eigenvalue weighted by Crippen LogP contribution is 2.52. The molecule has 3 unspecified atom stereocenters. The summed E-state index contributed by atoms with van der Waals surface area (Å²) in [5.74, 6) is 1.01. The molecule has 176 valence electrons.